The van der Waals surface area contributed by atoms with Crippen LogP contribution in [0.15, 0.2) is 0 Å². The Morgan fingerprint density at radius 2 is 1.72 bits per heavy atom. The number of aliphatic hydroxyl groups is 2. The summed E-state index contributed by atoms with van der Waals surface area (Å²) in [6.45, 7) is 6.74. The van der Waals surface area contributed by atoms with Crippen molar-refractivity contribution in [3.8, 4) is 0 Å². The van der Waals surface area contributed by atoms with Crippen LogP contribution < -0.4 is 5.32 Å². The number of nitrogens with two attached hydrogens (primary N) is 1. The second-order valence-electron chi connectivity index (χ2n) is 10.4. The van der Waals surface area contributed by atoms with Gasteiger partial charge in [-0.1, -0.05) is 26.7 Å². The van der Waals surface area contributed by atoms with E-state index in [2.05, 4.69) is 19.2 Å². The van der Waals surface area contributed by atoms with E-state index in [1.165, 1.54) is 57.8 Å². The van der Waals surface area contributed by atoms with Crippen molar-refractivity contribution >= 4 is 0 Å². The first-order valence-electron chi connectivity index (χ1n) is 11.1. The van der Waals surface area contributed by atoms with Crippen LogP contribution in [-0.4, -0.2) is 35.5 Å². The molecule has 0 aromatic rings. The molecule has 0 aliphatic heterocycles. The van der Waals surface area contributed by atoms with E-state index in [9.17, 15) is 5.11 Å². The Bertz CT molecular complexity index is 496. The summed E-state index contributed by atoms with van der Waals surface area (Å²) in [5.74, 6) is 3.46. The summed E-state index contributed by atoms with van der Waals surface area (Å²) in [6, 6.07) is 0. The Labute approximate surface area is 154 Å². The van der Waals surface area contributed by atoms with E-state index >= 15 is 0 Å². The Kier molecular flexibility index (Phi) is 4.74. The van der Waals surface area contributed by atoms with Crippen molar-refractivity contribution < 1.29 is 15.5 Å². The molecule has 4 aliphatic carbocycles. The molecule has 7 atom stereocenters. The van der Waals surface area contributed by atoms with Gasteiger partial charge in [-0.3, -0.25) is 0 Å². The first-order chi connectivity index (χ1) is 11.9. The molecule has 0 spiro atoms. The van der Waals surface area contributed by atoms with Crippen molar-refractivity contribution in [3.05, 3.63) is 0 Å². The van der Waals surface area contributed by atoms with E-state index in [0.717, 1.165) is 43.2 Å². The average molecular weight is 351 g/mol. The average Bonchev–Trinajstić information content (AvgIpc) is 2.86. The van der Waals surface area contributed by atoms with E-state index in [1.807, 2.05) is 0 Å². The third-order valence-electron chi connectivity index (χ3n) is 9.72. The summed E-state index contributed by atoms with van der Waals surface area (Å²) in [5.41, 5.74) is 0.159. The lowest BCUT2D eigenvalue weighted by Gasteiger charge is -2.61. The second kappa shape index (κ2) is 6.49. The van der Waals surface area contributed by atoms with Crippen molar-refractivity contribution in [2.24, 2.45) is 34.5 Å². The van der Waals surface area contributed by atoms with E-state index in [1.54, 1.807) is 0 Å². The van der Waals surface area contributed by atoms with Crippen LogP contribution >= 0.6 is 0 Å². The Balaban J connectivity index is 1.55. The predicted octanol–water partition coefficient (Wildman–Crippen LogP) is 2.71. The lowest BCUT2D eigenvalue weighted by molar-refractivity contribution is -0.671. The Morgan fingerprint density at radius 3 is 2.52 bits per heavy atom. The highest BCUT2D eigenvalue weighted by atomic mass is 16.3. The van der Waals surface area contributed by atoms with E-state index in [4.69, 9.17) is 5.11 Å². The molecule has 0 unspecified atom stereocenters. The van der Waals surface area contributed by atoms with Crippen molar-refractivity contribution in [2.45, 2.75) is 83.7 Å². The van der Waals surface area contributed by atoms with Gasteiger partial charge in [0.05, 0.1) is 13.2 Å². The summed E-state index contributed by atoms with van der Waals surface area (Å²) in [6.07, 6.45) is 13.4. The standard InChI is InChI=1S/C22H39NO2/c1-20-10-4-3-5-16(20)6-7-17-18(20)8-11-21(2)19(17)9-12-22(21,25)15-23-13-14-24/h16-19,23-25H,3-15H2,1-2H3/p+1/t16-,17+,18-,19+,20-,21+,22+/m0/s1. The van der Waals surface area contributed by atoms with Crippen LogP contribution in [0.5, 0.6) is 0 Å². The normalized spacial score (nSPS) is 52.3. The largest absolute Gasteiger partial charge is 0.391 e. The fourth-order valence-electron chi connectivity index (χ4n) is 8.17. The van der Waals surface area contributed by atoms with Crippen LogP contribution in [0, 0.1) is 34.5 Å². The van der Waals surface area contributed by atoms with Gasteiger partial charge in [-0.15, -0.1) is 0 Å². The second-order valence-corrected chi connectivity index (χ2v) is 10.4. The van der Waals surface area contributed by atoms with Crippen molar-refractivity contribution in [1.82, 2.24) is 0 Å². The summed E-state index contributed by atoms with van der Waals surface area (Å²) in [4.78, 5) is 0. The Morgan fingerprint density at radius 1 is 0.920 bits per heavy atom. The molecule has 0 radical (unpaired) electrons. The molecule has 0 aromatic carbocycles. The number of fused-ring (bicyclic) bond motifs is 5. The molecule has 3 heteroatoms. The summed E-state index contributed by atoms with van der Waals surface area (Å²) in [7, 11) is 0. The zero-order valence-corrected chi connectivity index (χ0v) is 16.5. The van der Waals surface area contributed by atoms with Gasteiger partial charge in [0.25, 0.3) is 0 Å². The maximum atomic E-state index is 11.5. The number of rotatable bonds is 4. The summed E-state index contributed by atoms with van der Waals surface area (Å²) >= 11 is 0. The van der Waals surface area contributed by atoms with Crippen molar-refractivity contribution in [2.75, 3.05) is 19.7 Å². The van der Waals surface area contributed by atoms with Crippen LogP contribution in [0.1, 0.15) is 78.1 Å². The SMILES string of the molecule is C[C@]12CCCC[C@H]1CC[C@H]1[C@H]3CC[C@@](O)(C[NH2+]CCO)[C@]3(C)CC[C@@H]12. The molecule has 4 aliphatic rings. The molecule has 4 N–H and O–H groups in total. The van der Waals surface area contributed by atoms with Crippen LogP contribution in [0.25, 0.3) is 0 Å². The monoisotopic (exact) mass is 350 g/mol. The zero-order valence-electron chi connectivity index (χ0n) is 16.5. The van der Waals surface area contributed by atoms with Gasteiger partial charge in [-0.2, -0.15) is 0 Å². The number of aliphatic hydroxyl groups excluding tert-OH is 1. The first-order valence-corrected chi connectivity index (χ1v) is 11.1. The molecule has 4 fully saturated rings. The highest BCUT2D eigenvalue weighted by Crippen LogP contribution is 2.67. The van der Waals surface area contributed by atoms with Gasteiger partial charge in [-0.05, 0) is 80.5 Å². The molecule has 0 aromatic heterocycles. The molecular formula is C22H40NO2+. The minimum Gasteiger partial charge on any atom is -0.391 e. The van der Waals surface area contributed by atoms with Gasteiger partial charge in [-0.25, -0.2) is 0 Å². The predicted molar refractivity (Wildman–Crippen MR) is 100 cm³/mol. The molecule has 3 nitrogen and oxygen atoms in total. The third-order valence-corrected chi connectivity index (χ3v) is 9.72. The fourth-order valence-corrected chi connectivity index (χ4v) is 8.17. The summed E-state index contributed by atoms with van der Waals surface area (Å²) < 4.78 is 0. The first kappa shape index (κ1) is 18.3. The maximum absolute atomic E-state index is 11.5. The quantitative estimate of drug-likeness (QED) is 0.683. The van der Waals surface area contributed by atoms with Crippen molar-refractivity contribution in [3.63, 3.8) is 0 Å². The molecule has 0 saturated heterocycles. The van der Waals surface area contributed by atoms with E-state index in [0.29, 0.717) is 5.41 Å². The molecule has 4 rings (SSSR count). The smallest absolute Gasteiger partial charge is 0.119 e. The third kappa shape index (κ3) is 2.63. The fraction of sp³-hybridized carbons (Fsp3) is 1.00. The van der Waals surface area contributed by atoms with Crippen molar-refractivity contribution in [1.29, 1.82) is 0 Å². The molecule has 0 bridgehead atoms. The lowest BCUT2D eigenvalue weighted by atomic mass is 9.44. The number of quaternary nitrogens is 1. The van der Waals surface area contributed by atoms with Gasteiger partial charge in [0.2, 0.25) is 0 Å². The number of hydrogen-bond donors (Lipinski definition) is 3. The minimum atomic E-state index is -0.526. The topological polar surface area (TPSA) is 57.1 Å². The highest BCUT2D eigenvalue weighted by molar-refractivity contribution is 5.13. The highest BCUT2D eigenvalue weighted by Gasteiger charge is 2.64. The van der Waals surface area contributed by atoms with Gasteiger partial charge in [0.15, 0.2) is 0 Å². The van der Waals surface area contributed by atoms with Crippen LogP contribution in [0.2, 0.25) is 0 Å². The molecule has 144 valence electrons. The Hall–Kier alpha value is -0.120. The van der Waals surface area contributed by atoms with Gasteiger partial charge >= 0.3 is 0 Å². The molecule has 25 heavy (non-hydrogen) atoms. The number of hydrogen-bond acceptors (Lipinski definition) is 2. The van der Waals surface area contributed by atoms with E-state index < -0.39 is 5.60 Å². The molecule has 4 saturated carbocycles. The van der Waals surface area contributed by atoms with Gasteiger partial charge < -0.3 is 15.5 Å². The summed E-state index contributed by atoms with van der Waals surface area (Å²) in [5, 5.41) is 22.8. The van der Waals surface area contributed by atoms with Crippen LogP contribution in [0.3, 0.4) is 0 Å². The zero-order chi connectivity index (χ0) is 17.7. The molecular weight excluding hydrogens is 310 g/mol. The molecule has 0 heterocycles. The van der Waals surface area contributed by atoms with Gasteiger partial charge in [0, 0.05) is 5.41 Å². The molecule has 0 amide bonds. The van der Waals surface area contributed by atoms with Crippen LogP contribution in [-0.2, 0) is 0 Å². The van der Waals surface area contributed by atoms with Crippen LogP contribution in [0.4, 0.5) is 0 Å². The van der Waals surface area contributed by atoms with E-state index in [-0.39, 0.29) is 12.0 Å². The maximum Gasteiger partial charge on any atom is 0.119 e. The minimum absolute atomic E-state index is 0.0952. The lowest BCUT2D eigenvalue weighted by Crippen LogP contribution is -2.90. The van der Waals surface area contributed by atoms with Gasteiger partial charge in [0.1, 0.15) is 12.1 Å².